The van der Waals surface area contributed by atoms with E-state index in [0.29, 0.717) is 0 Å². The van der Waals surface area contributed by atoms with Crippen molar-refractivity contribution in [3.05, 3.63) is 42.5 Å². The van der Waals surface area contributed by atoms with Crippen LogP contribution in [-0.4, -0.2) is 6.10 Å². The fourth-order valence-corrected chi connectivity index (χ4v) is 1.28. The van der Waals surface area contributed by atoms with Gasteiger partial charge >= 0.3 is 0 Å². The molecular weight excluding hydrogens is 172 g/mol. The first-order chi connectivity index (χ1) is 6.72. The Labute approximate surface area is 86.4 Å². The number of benzene rings is 1. The van der Waals surface area contributed by atoms with Gasteiger partial charge in [0.05, 0.1) is 6.10 Å². The summed E-state index contributed by atoms with van der Waals surface area (Å²) in [5.41, 5.74) is 1.33. The van der Waals surface area contributed by atoms with E-state index in [1.54, 1.807) is 0 Å². The van der Waals surface area contributed by atoms with E-state index in [9.17, 15) is 0 Å². The molecule has 0 radical (unpaired) electrons. The molecule has 1 nitrogen and oxygen atoms in total. The van der Waals surface area contributed by atoms with Gasteiger partial charge in [-0.15, -0.1) is 6.58 Å². The number of hydrogen-bond acceptors (Lipinski definition) is 1. The van der Waals surface area contributed by atoms with Crippen molar-refractivity contribution < 1.29 is 4.74 Å². The number of allylic oxidation sites excluding steroid dienone is 1. The van der Waals surface area contributed by atoms with Crippen LogP contribution in [0.15, 0.2) is 36.9 Å². The molecule has 0 aromatic heterocycles. The molecule has 0 aliphatic heterocycles. The van der Waals surface area contributed by atoms with E-state index >= 15 is 0 Å². The molecule has 0 saturated heterocycles. The fourth-order valence-electron chi connectivity index (χ4n) is 1.28. The molecule has 14 heavy (non-hydrogen) atoms. The van der Waals surface area contributed by atoms with Crippen molar-refractivity contribution in [3.8, 4) is 5.75 Å². The lowest BCUT2D eigenvalue weighted by atomic mass is 10.1. The summed E-state index contributed by atoms with van der Waals surface area (Å²) in [6.07, 6.45) is 4.28. The minimum absolute atomic E-state index is 0.244. The molecule has 76 valence electrons. The van der Waals surface area contributed by atoms with Gasteiger partial charge in [-0.05, 0) is 44.4 Å². The van der Waals surface area contributed by atoms with Gasteiger partial charge in [0.1, 0.15) is 5.75 Å². The van der Waals surface area contributed by atoms with Crippen molar-refractivity contribution in [3.63, 3.8) is 0 Å². The van der Waals surface area contributed by atoms with E-state index < -0.39 is 0 Å². The van der Waals surface area contributed by atoms with Crippen molar-refractivity contribution in [2.24, 2.45) is 0 Å². The molecule has 0 bridgehead atoms. The van der Waals surface area contributed by atoms with Crippen molar-refractivity contribution in [2.45, 2.75) is 32.8 Å². The normalized spacial score (nSPS) is 10.2. The van der Waals surface area contributed by atoms with Crippen LogP contribution in [0.4, 0.5) is 0 Å². The van der Waals surface area contributed by atoms with Crippen LogP contribution < -0.4 is 4.74 Å². The summed E-state index contributed by atoms with van der Waals surface area (Å²) in [6, 6.07) is 8.28. The van der Waals surface area contributed by atoms with Gasteiger partial charge in [-0.2, -0.15) is 0 Å². The number of rotatable bonds is 5. The maximum Gasteiger partial charge on any atom is 0.119 e. The molecule has 0 saturated carbocycles. The third-order valence-corrected chi connectivity index (χ3v) is 1.93. The second kappa shape index (κ2) is 5.48. The van der Waals surface area contributed by atoms with E-state index in [2.05, 4.69) is 18.7 Å². The quantitative estimate of drug-likeness (QED) is 0.645. The zero-order chi connectivity index (χ0) is 10.4. The largest absolute Gasteiger partial charge is 0.491 e. The molecule has 0 heterocycles. The SMILES string of the molecule is C=CCCc1ccc(OC(C)C)cc1. The smallest absolute Gasteiger partial charge is 0.119 e. The fraction of sp³-hybridized carbons (Fsp3) is 0.385. The Balaban J connectivity index is 2.54. The van der Waals surface area contributed by atoms with Gasteiger partial charge in [-0.1, -0.05) is 18.2 Å². The van der Waals surface area contributed by atoms with Gasteiger partial charge in [0.25, 0.3) is 0 Å². The van der Waals surface area contributed by atoms with Crippen LogP contribution in [0.1, 0.15) is 25.8 Å². The molecule has 0 spiro atoms. The Morgan fingerprint density at radius 1 is 1.29 bits per heavy atom. The summed E-state index contributed by atoms with van der Waals surface area (Å²) in [4.78, 5) is 0. The van der Waals surface area contributed by atoms with E-state index in [1.165, 1.54) is 5.56 Å². The Hall–Kier alpha value is -1.24. The number of ether oxygens (including phenoxy) is 1. The predicted molar refractivity (Wildman–Crippen MR) is 60.7 cm³/mol. The molecule has 0 aliphatic carbocycles. The molecule has 0 atom stereocenters. The highest BCUT2D eigenvalue weighted by molar-refractivity contribution is 5.27. The van der Waals surface area contributed by atoms with Crippen LogP contribution in [0.5, 0.6) is 5.75 Å². The predicted octanol–water partition coefficient (Wildman–Crippen LogP) is 3.59. The van der Waals surface area contributed by atoms with Crippen LogP contribution in [0, 0.1) is 0 Å². The summed E-state index contributed by atoms with van der Waals surface area (Å²) < 4.78 is 5.55. The first-order valence-electron chi connectivity index (χ1n) is 5.09. The van der Waals surface area contributed by atoms with Crippen molar-refractivity contribution in [1.29, 1.82) is 0 Å². The van der Waals surface area contributed by atoms with Crippen LogP contribution in [-0.2, 0) is 6.42 Å². The summed E-state index contributed by atoms with van der Waals surface area (Å²) >= 11 is 0. The zero-order valence-corrected chi connectivity index (χ0v) is 8.99. The summed E-state index contributed by atoms with van der Waals surface area (Å²) in [7, 11) is 0. The Morgan fingerprint density at radius 2 is 1.93 bits per heavy atom. The van der Waals surface area contributed by atoms with Crippen LogP contribution in [0.2, 0.25) is 0 Å². The minimum Gasteiger partial charge on any atom is -0.491 e. The molecule has 1 rings (SSSR count). The maximum absolute atomic E-state index is 5.55. The Bertz CT molecular complexity index is 272. The Morgan fingerprint density at radius 3 is 2.43 bits per heavy atom. The summed E-state index contributed by atoms with van der Waals surface area (Å²) in [6.45, 7) is 7.77. The van der Waals surface area contributed by atoms with E-state index in [4.69, 9.17) is 4.74 Å². The third-order valence-electron chi connectivity index (χ3n) is 1.93. The molecule has 0 fully saturated rings. The highest BCUT2D eigenvalue weighted by atomic mass is 16.5. The van der Waals surface area contributed by atoms with E-state index in [1.807, 2.05) is 32.1 Å². The van der Waals surface area contributed by atoms with E-state index in [-0.39, 0.29) is 6.10 Å². The second-order valence-electron chi connectivity index (χ2n) is 3.64. The monoisotopic (exact) mass is 190 g/mol. The molecule has 0 unspecified atom stereocenters. The van der Waals surface area contributed by atoms with Gasteiger partial charge < -0.3 is 4.74 Å². The number of hydrogen-bond donors (Lipinski definition) is 0. The average molecular weight is 190 g/mol. The molecular formula is C13H18O. The molecule has 0 aliphatic rings. The first kappa shape index (κ1) is 10.8. The second-order valence-corrected chi connectivity index (χ2v) is 3.64. The van der Waals surface area contributed by atoms with Gasteiger partial charge in [0.2, 0.25) is 0 Å². The lowest BCUT2D eigenvalue weighted by molar-refractivity contribution is 0.242. The van der Waals surface area contributed by atoms with Crippen molar-refractivity contribution in [1.82, 2.24) is 0 Å². The molecule has 1 aromatic carbocycles. The molecule has 0 N–H and O–H groups in total. The zero-order valence-electron chi connectivity index (χ0n) is 8.99. The maximum atomic E-state index is 5.55. The Kier molecular flexibility index (Phi) is 4.24. The highest BCUT2D eigenvalue weighted by Gasteiger charge is 1.97. The molecule has 1 heteroatoms. The van der Waals surface area contributed by atoms with Crippen molar-refractivity contribution in [2.75, 3.05) is 0 Å². The topological polar surface area (TPSA) is 9.23 Å². The standard InChI is InChI=1S/C13H18O/c1-4-5-6-12-7-9-13(10-8-12)14-11(2)3/h4,7-11H,1,5-6H2,2-3H3. The minimum atomic E-state index is 0.244. The van der Waals surface area contributed by atoms with Crippen LogP contribution in [0.3, 0.4) is 0 Å². The van der Waals surface area contributed by atoms with Crippen LogP contribution in [0.25, 0.3) is 0 Å². The third kappa shape index (κ3) is 3.65. The lowest BCUT2D eigenvalue weighted by Gasteiger charge is -2.09. The molecule has 0 amide bonds. The van der Waals surface area contributed by atoms with Gasteiger partial charge in [0.15, 0.2) is 0 Å². The average Bonchev–Trinajstić information content (AvgIpc) is 2.16. The van der Waals surface area contributed by atoms with Gasteiger partial charge in [-0.25, -0.2) is 0 Å². The molecule has 1 aromatic rings. The van der Waals surface area contributed by atoms with E-state index in [0.717, 1.165) is 18.6 Å². The van der Waals surface area contributed by atoms with Crippen LogP contribution >= 0.6 is 0 Å². The summed E-state index contributed by atoms with van der Waals surface area (Å²) in [5, 5.41) is 0. The van der Waals surface area contributed by atoms with Gasteiger partial charge in [0, 0.05) is 0 Å². The first-order valence-corrected chi connectivity index (χ1v) is 5.09. The van der Waals surface area contributed by atoms with Gasteiger partial charge in [-0.3, -0.25) is 0 Å². The highest BCUT2D eigenvalue weighted by Crippen LogP contribution is 2.14. The summed E-state index contributed by atoms with van der Waals surface area (Å²) in [5.74, 6) is 0.947. The number of aryl methyl sites for hydroxylation is 1. The lowest BCUT2D eigenvalue weighted by Crippen LogP contribution is -2.05. The van der Waals surface area contributed by atoms with Crippen molar-refractivity contribution >= 4 is 0 Å².